The average Bonchev–Trinajstić information content (AvgIpc) is 2.41. The van der Waals surface area contributed by atoms with Gasteiger partial charge < -0.3 is 10.0 Å². The molecule has 1 saturated heterocycles. The first-order valence-electron chi connectivity index (χ1n) is 6.06. The Morgan fingerprint density at radius 2 is 2.16 bits per heavy atom. The van der Waals surface area contributed by atoms with Gasteiger partial charge in [-0.05, 0) is 25.3 Å². The first-order chi connectivity index (χ1) is 9.06. The lowest BCUT2D eigenvalue weighted by atomic mass is 10.0. The smallest absolute Gasteiger partial charge is 0.295 e. The lowest BCUT2D eigenvalue weighted by Gasteiger charge is -2.36. The van der Waals surface area contributed by atoms with E-state index in [0.717, 1.165) is 25.0 Å². The number of nitro benzene ring substituents is 1. The van der Waals surface area contributed by atoms with Gasteiger partial charge >= 0.3 is 0 Å². The molecule has 2 rings (SSSR count). The van der Waals surface area contributed by atoms with E-state index in [9.17, 15) is 24.0 Å². The minimum absolute atomic E-state index is 0.243. The normalized spacial score (nSPS) is 19.5. The maximum absolute atomic E-state index is 13.9. The van der Waals surface area contributed by atoms with Crippen molar-refractivity contribution in [1.29, 1.82) is 0 Å². The molecule has 7 heteroatoms. The first-order valence-corrected chi connectivity index (χ1v) is 6.06. The number of aliphatic hydroxyl groups excluding tert-OH is 1. The minimum Gasteiger partial charge on any atom is -0.394 e. The summed E-state index contributed by atoms with van der Waals surface area (Å²) in [6, 6.07) is 1.29. The van der Waals surface area contributed by atoms with Crippen molar-refractivity contribution in [3.05, 3.63) is 33.9 Å². The van der Waals surface area contributed by atoms with Crippen LogP contribution in [0.25, 0.3) is 0 Å². The highest BCUT2D eigenvalue weighted by atomic mass is 19.2. The molecule has 0 aliphatic carbocycles. The monoisotopic (exact) mass is 272 g/mol. The van der Waals surface area contributed by atoms with Crippen molar-refractivity contribution in [3.8, 4) is 0 Å². The number of benzene rings is 1. The highest BCUT2D eigenvalue weighted by Gasteiger charge is 2.32. The highest BCUT2D eigenvalue weighted by Crippen LogP contribution is 2.36. The fourth-order valence-corrected chi connectivity index (χ4v) is 2.44. The molecular weight excluding hydrogens is 258 g/mol. The largest absolute Gasteiger partial charge is 0.394 e. The van der Waals surface area contributed by atoms with Gasteiger partial charge in [-0.15, -0.1) is 0 Å². The van der Waals surface area contributed by atoms with Crippen LogP contribution in [0, 0.1) is 21.7 Å². The van der Waals surface area contributed by atoms with Gasteiger partial charge in [0, 0.05) is 12.6 Å². The minimum atomic E-state index is -1.23. The highest BCUT2D eigenvalue weighted by molar-refractivity contribution is 5.65. The van der Waals surface area contributed by atoms with Crippen LogP contribution in [0.15, 0.2) is 12.1 Å². The van der Waals surface area contributed by atoms with Crippen LogP contribution < -0.4 is 4.90 Å². The van der Waals surface area contributed by atoms with E-state index >= 15 is 0 Å². The number of hydrogen-bond acceptors (Lipinski definition) is 4. The van der Waals surface area contributed by atoms with Crippen molar-refractivity contribution in [3.63, 3.8) is 0 Å². The van der Waals surface area contributed by atoms with Gasteiger partial charge in [0.05, 0.1) is 17.6 Å². The molecule has 1 atom stereocenters. The Hall–Kier alpha value is -1.76. The zero-order valence-electron chi connectivity index (χ0n) is 10.2. The van der Waals surface area contributed by atoms with Crippen LogP contribution in [0.5, 0.6) is 0 Å². The molecule has 0 bridgehead atoms. The summed E-state index contributed by atoms with van der Waals surface area (Å²) in [4.78, 5) is 11.6. The number of nitrogens with zero attached hydrogens (tertiary/aromatic N) is 2. The van der Waals surface area contributed by atoms with Gasteiger partial charge in [0.25, 0.3) is 5.69 Å². The van der Waals surface area contributed by atoms with Crippen LogP contribution in [0.1, 0.15) is 19.3 Å². The van der Waals surface area contributed by atoms with Gasteiger partial charge in [-0.25, -0.2) is 8.78 Å². The van der Waals surface area contributed by atoms with E-state index in [2.05, 4.69) is 0 Å². The van der Waals surface area contributed by atoms with Crippen molar-refractivity contribution >= 4 is 11.4 Å². The summed E-state index contributed by atoms with van der Waals surface area (Å²) in [5, 5.41) is 20.2. The summed E-state index contributed by atoms with van der Waals surface area (Å²) >= 11 is 0. The number of aliphatic hydroxyl groups is 1. The zero-order valence-corrected chi connectivity index (χ0v) is 10.2. The summed E-state index contributed by atoms with van der Waals surface area (Å²) in [7, 11) is 0. The summed E-state index contributed by atoms with van der Waals surface area (Å²) in [5.74, 6) is -2.35. The van der Waals surface area contributed by atoms with E-state index in [4.69, 9.17) is 0 Å². The Kier molecular flexibility index (Phi) is 3.94. The quantitative estimate of drug-likeness (QED) is 0.676. The summed E-state index contributed by atoms with van der Waals surface area (Å²) in [6.45, 7) is 0.125. The predicted octanol–water partition coefficient (Wildman–Crippen LogP) is 2.22. The molecule has 0 amide bonds. The van der Waals surface area contributed by atoms with E-state index in [0.29, 0.717) is 13.0 Å². The molecule has 104 valence electrons. The molecule has 1 N–H and O–H groups in total. The third-order valence-electron chi connectivity index (χ3n) is 3.37. The molecule has 5 nitrogen and oxygen atoms in total. The van der Waals surface area contributed by atoms with E-state index in [1.807, 2.05) is 0 Å². The van der Waals surface area contributed by atoms with Gasteiger partial charge in [-0.2, -0.15) is 0 Å². The van der Waals surface area contributed by atoms with Gasteiger partial charge in [0.15, 0.2) is 17.3 Å². The Morgan fingerprint density at radius 1 is 1.42 bits per heavy atom. The Bertz CT molecular complexity index is 496. The van der Waals surface area contributed by atoms with Gasteiger partial charge in [-0.3, -0.25) is 10.1 Å². The van der Waals surface area contributed by atoms with Crippen molar-refractivity contribution in [1.82, 2.24) is 0 Å². The zero-order chi connectivity index (χ0) is 14.0. The van der Waals surface area contributed by atoms with Crippen molar-refractivity contribution in [2.24, 2.45) is 0 Å². The third-order valence-corrected chi connectivity index (χ3v) is 3.37. The molecule has 1 aromatic rings. The number of piperidine rings is 1. The van der Waals surface area contributed by atoms with Crippen LogP contribution >= 0.6 is 0 Å². The van der Waals surface area contributed by atoms with Crippen molar-refractivity contribution in [2.75, 3.05) is 18.1 Å². The van der Waals surface area contributed by atoms with Gasteiger partial charge in [0.2, 0.25) is 0 Å². The van der Waals surface area contributed by atoms with Gasteiger partial charge in [0.1, 0.15) is 0 Å². The molecule has 0 aromatic heterocycles. The molecule has 1 aliphatic heterocycles. The average molecular weight is 272 g/mol. The molecule has 1 fully saturated rings. The summed E-state index contributed by atoms with van der Waals surface area (Å²) in [5.41, 5.74) is -0.831. The number of halogens is 2. The lowest BCUT2D eigenvalue weighted by Crippen LogP contribution is -2.42. The second-order valence-electron chi connectivity index (χ2n) is 4.51. The standard InChI is InChI=1S/C12H14F2N2O3/c13-9-4-5-10(16(18)19)12(11(9)14)15-6-2-1-3-8(15)7-17/h4-5,8,17H,1-3,6-7H2. The number of rotatable bonds is 3. The first kappa shape index (κ1) is 13.7. The molecular formula is C12H14F2N2O3. The van der Waals surface area contributed by atoms with E-state index in [-0.39, 0.29) is 12.3 Å². The fraction of sp³-hybridized carbons (Fsp3) is 0.500. The molecule has 1 heterocycles. The Morgan fingerprint density at radius 3 is 2.79 bits per heavy atom. The maximum Gasteiger partial charge on any atom is 0.295 e. The summed E-state index contributed by atoms with van der Waals surface area (Å²) in [6.07, 6.45) is 2.18. The van der Waals surface area contributed by atoms with Crippen molar-refractivity contribution in [2.45, 2.75) is 25.3 Å². The molecule has 0 saturated carbocycles. The maximum atomic E-state index is 13.9. The van der Waals surface area contributed by atoms with Crippen LogP contribution in [0.2, 0.25) is 0 Å². The second-order valence-corrected chi connectivity index (χ2v) is 4.51. The SMILES string of the molecule is O=[N+]([O-])c1ccc(F)c(F)c1N1CCCCC1CO. The summed E-state index contributed by atoms with van der Waals surface area (Å²) < 4.78 is 27.2. The fourth-order valence-electron chi connectivity index (χ4n) is 2.44. The third kappa shape index (κ3) is 2.51. The second kappa shape index (κ2) is 5.48. The predicted molar refractivity (Wildman–Crippen MR) is 65.1 cm³/mol. The number of nitro groups is 1. The van der Waals surface area contributed by atoms with Crippen LogP contribution in [-0.4, -0.2) is 29.2 Å². The molecule has 1 aliphatic rings. The van der Waals surface area contributed by atoms with E-state index in [1.165, 1.54) is 4.90 Å². The Labute approximate surface area is 108 Å². The molecule has 0 spiro atoms. The molecule has 1 aromatic carbocycles. The molecule has 1 unspecified atom stereocenters. The Balaban J connectivity index is 2.52. The van der Waals surface area contributed by atoms with E-state index < -0.39 is 28.3 Å². The van der Waals surface area contributed by atoms with Crippen molar-refractivity contribution < 1.29 is 18.8 Å². The molecule has 19 heavy (non-hydrogen) atoms. The van der Waals surface area contributed by atoms with Gasteiger partial charge in [-0.1, -0.05) is 0 Å². The lowest BCUT2D eigenvalue weighted by molar-refractivity contribution is -0.384. The van der Waals surface area contributed by atoms with E-state index in [1.54, 1.807) is 0 Å². The van der Waals surface area contributed by atoms with Crippen LogP contribution in [0.4, 0.5) is 20.2 Å². The van der Waals surface area contributed by atoms with Crippen LogP contribution in [0.3, 0.4) is 0 Å². The van der Waals surface area contributed by atoms with Crippen LogP contribution in [-0.2, 0) is 0 Å². The topological polar surface area (TPSA) is 66.6 Å². The number of anilines is 1. The molecule has 0 radical (unpaired) electrons. The number of hydrogen-bond donors (Lipinski definition) is 1.